The molecule has 1 unspecified atom stereocenters. The molecule has 2 amide bonds. The molecule has 0 aliphatic carbocycles. The maximum absolute atomic E-state index is 12.4. The van der Waals surface area contributed by atoms with Crippen LogP contribution in [-0.4, -0.2) is 30.4 Å². The van der Waals surface area contributed by atoms with Crippen molar-refractivity contribution < 1.29 is 19.1 Å². The van der Waals surface area contributed by atoms with E-state index in [9.17, 15) is 14.4 Å². The number of halogens is 2. The van der Waals surface area contributed by atoms with Gasteiger partial charge in [-0.3, -0.25) is 14.4 Å². The van der Waals surface area contributed by atoms with Crippen LogP contribution in [0, 0.1) is 6.92 Å². The lowest BCUT2D eigenvalue weighted by atomic mass is 10.1. The Morgan fingerprint density at radius 1 is 1.14 bits per heavy atom. The van der Waals surface area contributed by atoms with Crippen LogP contribution in [0.25, 0.3) is 0 Å². The minimum absolute atomic E-state index is 0.168. The van der Waals surface area contributed by atoms with Gasteiger partial charge in [0.05, 0.1) is 10.6 Å². The molecule has 0 spiro atoms. The molecule has 8 heteroatoms. The molecular weight excluding hydrogens is 415 g/mol. The Morgan fingerprint density at radius 2 is 1.86 bits per heavy atom. The van der Waals surface area contributed by atoms with Crippen LogP contribution in [0.5, 0.6) is 0 Å². The summed E-state index contributed by atoms with van der Waals surface area (Å²) in [7, 11) is 0. The maximum atomic E-state index is 12.4. The monoisotopic (exact) mass is 436 g/mol. The summed E-state index contributed by atoms with van der Waals surface area (Å²) in [5.41, 5.74) is 2.81. The van der Waals surface area contributed by atoms with Crippen LogP contribution in [0.2, 0.25) is 10.0 Å². The van der Waals surface area contributed by atoms with Crippen molar-refractivity contribution >= 4 is 46.7 Å². The fourth-order valence-corrected chi connectivity index (χ4v) is 3.13. The molecular formula is C21H22Cl2N2O4. The maximum Gasteiger partial charge on any atom is 0.326 e. The standard InChI is InChI=1S/C21H22Cl2N2O4/c1-4-14-7-5-6-12(2)19(14)25-20(27)13(3)29-18(26)11-24-21(28)16-9-8-15(22)10-17(16)23/h5-10,13H,4,11H2,1-3H3,(H,24,28)(H,25,27). The highest BCUT2D eigenvalue weighted by Gasteiger charge is 2.20. The van der Waals surface area contributed by atoms with Gasteiger partial charge in [-0.25, -0.2) is 0 Å². The van der Waals surface area contributed by atoms with E-state index in [0.717, 1.165) is 17.5 Å². The lowest BCUT2D eigenvalue weighted by Crippen LogP contribution is -2.36. The number of ether oxygens (including phenoxy) is 1. The molecule has 0 bridgehead atoms. The summed E-state index contributed by atoms with van der Waals surface area (Å²) in [5, 5.41) is 5.77. The molecule has 0 aliphatic heterocycles. The molecule has 0 saturated carbocycles. The van der Waals surface area contributed by atoms with Crippen LogP contribution >= 0.6 is 23.2 Å². The van der Waals surface area contributed by atoms with Crippen molar-refractivity contribution in [2.45, 2.75) is 33.3 Å². The molecule has 6 nitrogen and oxygen atoms in total. The molecule has 1 atom stereocenters. The van der Waals surface area contributed by atoms with Crippen LogP contribution in [-0.2, 0) is 20.7 Å². The smallest absolute Gasteiger partial charge is 0.326 e. The van der Waals surface area contributed by atoms with E-state index in [1.807, 2.05) is 32.0 Å². The average molecular weight is 437 g/mol. The Morgan fingerprint density at radius 3 is 2.52 bits per heavy atom. The highest BCUT2D eigenvalue weighted by atomic mass is 35.5. The Kier molecular flexibility index (Phi) is 8.05. The van der Waals surface area contributed by atoms with Crippen LogP contribution in [0.4, 0.5) is 5.69 Å². The van der Waals surface area contributed by atoms with Gasteiger partial charge in [-0.2, -0.15) is 0 Å². The summed E-state index contributed by atoms with van der Waals surface area (Å²) in [6.45, 7) is 4.95. The third-order valence-electron chi connectivity index (χ3n) is 4.23. The fraction of sp³-hybridized carbons (Fsp3) is 0.286. The van der Waals surface area contributed by atoms with Crippen LogP contribution in [0.15, 0.2) is 36.4 Å². The number of rotatable bonds is 7. The third-order valence-corrected chi connectivity index (χ3v) is 4.78. The number of nitrogens with one attached hydrogen (secondary N) is 2. The van der Waals surface area contributed by atoms with Gasteiger partial charge in [0.1, 0.15) is 6.54 Å². The van der Waals surface area contributed by atoms with E-state index in [4.69, 9.17) is 27.9 Å². The highest BCUT2D eigenvalue weighted by molar-refractivity contribution is 6.36. The number of hydrogen-bond acceptors (Lipinski definition) is 4. The molecule has 0 heterocycles. The molecule has 0 aromatic heterocycles. The predicted molar refractivity (Wildman–Crippen MR) is 114 cm³/mol. The van der Waals surface area contributed by atoms with Crippen molar-refractivity contribution in [1.29, 1.82) is 0 Å². The zero-order chi connectivity index (χ0) is 21.6. The number of benzene rings is 2. The van der Waals surface area contributed by atoms with E-state index in [1.165, 1.54) is 25.1 Å². The van der Waals surface area contributed by atoms with E-state index >= 15 is 0 Å². The van der Waals surface area contributed by atoms with E-state index in [1.54, 1.807) is 0 Å². The van der Waals surface area contributed by atoms with E-state index in [0.29, 0.717) is 10.7 Å². The molecule has 29 heavy (non-hydrogen) atoms. The van der Waals surface area contributed by atoms with Gasteiger partial charge in [0.15, 0.2) is 6.10 Å². The third kappa shape index (κ3) is 6.21. The van der Waals surface area contributed by atoms with E-state index < -0.39 is 30.4 Å². The van der Waals surface area contributed by atoms with Gasteiger partial charge in [-0.15, -0.1) is 0 Å². The Bertz CT molecular complexity index is 931. The van der Waals surface area contributed by atoms with Crippen molar-refractivity contribution in [3.63, 3.8) is 0 Å². The van der Waals surface area contributed by atoms with Crippen molar-refractivity contribution in [2.75, 3.05) is 11.9 Å². The number of esters is 1. The number of hydrogen-bond donors (Lipinski definition) is 2. The topological polar surface area (TPSA) is 84.5 Å². The molecule has 0 aliphatic rings. The lowest BCUT2D eigenvalue weighted by molar-refractivity contribution is -0.152. The number of aryl methyl sites for hydroxylation is 2. The van der Waals surface area contributed by atoms with Gasteiger partial charge < -0.3 is 15.4 Å². The second-order valence-electron chi connectivity index (χ2n) is 6.39. The number of carbonyl (C=O) groups excluding carboxylic acids is 3. The largest absolute Gasteiger partial charge is 0.451 e. The molecule has 0 saturated heterocycles. The van der Waals surface area contributed by atoms with Crippen molar-refractivity contribution in [3.8, 4) is 0 Å². The molecule has 2 N–H and O–H groups in total. The number of para-hydroxylation sites is 1. The zero-order valence-corrected chi connectivity index (χ0v) is 17.9. The number of carbonyl (C=O) groups is 3. The van der Waals surface area contributed by atoms with Crippen LogP contribution < -0.4 is 10.6 Å². The minimum atomic E-state index is -1.03. The van der Waals surface area contributed by atoms with Gasteiger partial charge in [0.25, 0.3) is 11.8 Å². The van der Waals surface area contributed by atoms with Crippen LogP contribution in [0.3, 0.4) is 0 Å². The predicted octanol–water partition coefficient (Wildman–Crippen LogP) is 4.16. The quantitative estimate of drug-likeness (QED) is 0.637. The normalized spacial score (nSPS) is 11.5. The second-order valence-corrected chi connectivity index (χ2v) is 7.23. The summed E-state index contributed by atoms with van der Waals surface area (Å²) in [6.07, 6.45) is -0.270. The lowest BCUT2D eigenvalue weighted by Gasteiger charge is -2.17. The first kappa shape index (κ1) is 22.7. The molecule has 0 radical (unpaired) electrons. The van der Waals surface area contributed by atoms with Gasteiger partial charge in [0, 0.05) is 10.7 Å². The minimum Gasteiger partial charge on any atom is -0.451 e. The Balaban J connectivity index is 1.90. The van der Waals surface area contributed by atoms with Crippen molar-refractivity contribution in [2.24, 2.45) is 0 Å². The van der Waals surface area contributed by atoms with Gasteiger partial charge in [0.2, 0.25) is 0 Å². The summed E-state index contributed by atoms with van der Waals surface area (Å²) < 4.78 is 5.11. The van der Waals surface area contributed by atoms with Gasteiger partial charge >= 0.3 is 5.97 Å². The molecule has 2 aromatic rings. The molecule has 2 aromatic carbocycles. The summed E-state index contributed by atoms with van der Waals surface area (Å²) in [5.74, 6) is -1.74. The molecule has 154 valence electrons. The van der Waals surface area contributed by atoms with E-state index in [2.05, 4.69) is 10.6 Å². The van der Waals surface area contributed by atoms with Crippen LogP contribution in [0.1, 0.15) is 35.3 Å². The first-order valence-electron chi connectivity index (χ1n) is 9.05. The van der Waals surface area contributed by atoms with Gasteiger partial charge in [-0.05, 0) is 49.6 Å². The SMILES string of the molecule is CCc1cccc(C)c1NC(=O)C(C)OC(=O)CNC(=O)c1ccc(Cl)cc1Cl. The zero-order valence-electron chi connectivity index (χ0n) is 16.3. The summed E-state index contributed by atoms with van der Waals surface area (Å²) in [6, 6.07) is 10.1. The average Bonchev–Trinajstić information content (AvgIpc) is 2.67. The second kappa shape index (κ2) is 10.3. The van der Waals surface area contributed by atoms with Crippen molar-refractivity contribution in [3.05, 3.63) is 63.1 Å². The van der Waals surface area contributed by atoms with Crippen molar-refractivity contribution in [1.82, 2.24) is 5.32 Å². The Labute approximate surface area is 179 Å². The first-order valence-corrected chi connectivity index (χ1v) is 9.80. The number of amides is 2. The first-order chi connectivity index (χ1) is 13.7. The Hall–Kier alpha value is -2.57. The highest BCUT2D eigenvalue weighted by Crippen LogP contribution is 2.22. The summed E-state index contributed by atoms with van der Waals surface area (Å²) >= 11 is 11.8. The van der Waals surface area contributed by atoms with Gasteiger partial charge in [-0.1, -0.05) is 48.3 Å². The molecule has 0 fully saturated rings. The number of anilines is 1. The fourth-order valence-electron chi connectivity index (χ4n) is 2.64. The summed E-state index contributed by atoms with van der Waals surface area (Å²) in [4.78, 5) is 36.5. The van der Waals surface area contributed by atoms with E-state index in [-0.39, 0.29) is 10.6 Å². The molecule has 2 rings (SSSR count).